The van der Waals surface area contributed by atoms with Gasteiger partial charge in [-0.15, -0.1) is 0 Å². The van der Waals surface area contributed by atoms with Crippen LogP contribution in [0.2, 0.25) is 5.02 Å². The van der Waals surface area contributed by atoms with Crippen molar-refractivity contribution in [2.45, 2.75) is 6.92 Å². The van der Waals surface area contributed by atoms with Crippen molar-refractivity contribution in [3.63, 3.8) is 0 Å². The fraction of sp³-hybridized carbons (Fsp3) is 0.0833. The molecule has 0 fully saturated rings. The number of halogens is 1. The normalized spacial score (nSPS) is 10.5. The van der Waals surface area contributed by atoms with Crippen molar-refractivity contribution in [2.75, 3.05) is 12.4 Å². The molecule has 0 aliphatic carbocycles. The Kier molecular flexibility index (Phi) is 7.77. The van der Waals surface area contributed by atoms with E-state index in [1.807, 2.05) is 0 Å². The van der Waals surface area contributed by atoms with Gasteiger partial charge in [-0.1, -0.05) is 17.7 Å². The van der Waals surface area contributed by atoms with Crippen LogP contribution in [0.25, 0.3) is 0 Å². The van der Waals surface area contributed by atoms with Crippen molar-refractivity contribution in [1.82, 2.24) is 5.43 Å². The maximum absolute atomic E-state index is 12.2. The Labute approximate surface area is 195 Å². The van der Waals surface area contributed by atoms with Gasteiger partial charge in [0.1, 0.15) is 11.5 Å². The lowest BCUT2D eigenvalue weighted by molar-refractivity contribution is -0.136. The maximum Gasteiger partial charge on any atom is 0.343 e. The molecule has 0 aliphatic heterocycles. The van der Waals surface area contributed by atoms with E-state index in [9.17, 15) is 14.4 Å². The molecular weight excluding hydrogens is 446 g/mol. The molecule has 0 saturated heterocycles. The number of amides is 2. The number of benzene rings is 3. The van der Waals surface area contributed by atoms with E-state index >= 15 is 0 Å². The van der Waals surface area contributed by atoms with Gasteiger partial charge in [-0.05, 0) is 78.7 Å². The van der Waals surface area contributed by atoms with E-state index in [4.69, 9.17) is 21.1 Å². The molecule has 0 radical (unpaired) electrons. The van der Waals surface area contributed by atoms with Gasteiger partial charge < -0.3 is 14.8 Å². The highest BCUT2D eigenvalue weighted by Crippen LogP contribution is 2.22. The minimum absolute atomic E-state index is 0.341. The number of nitrogens with one attached hydrogen (secondary N) is 2. The molecule has 0 spiro atoms. The molecule has 8 nitrogen and oxygen atoms in total. The van der Waals surface area contributed by atoms with Gasteiger partial charge in [-0.3, -0.25) is 9.59 Å². The molecule has 0 unspecified atom stereocenters. The van der Waals surface area contributed by atoms with Crippen LogP contribution in [0.1, 0.15) is 21.5 Å². The molecule has 9 heteroatoms. The van der Waals surface area contributed by atoms with Gasteiger partial charge in [0, 0.05) is 10.7 Å². The fourth-order valence-electron chi connectivity index (χ4n) is 2.65. The number of esters is 1. The number of rotatable bonds is 6. The van der Waals surface area contributed by atoms with Gasteiger partial charge in [-0.25, -0.2) is 10.2 Å². The Morgan fingerprint density at radius 3 is 2.24 bits per heavy atom. The van der Waals surface area contributed by atoms with E-state index in [1.54, 1.807) is 80.8 Å². The third-order valence-electron chi connectivity index (χ3n) is 4.52. The molecular formula is C24H20ClN3O5. The van der Waals surface area contributed by atoms with Crippen LogP contribution < -0.4 is 20.2 Å². The summed E-state index contributed by atoms with van der Waals surface area (Å²) in [6.45, 7) is 1.73. The highest BCUT2D eigenvalue weighted by Gasteiger charge is 2.14. The summed E-state index contributed by atoms with van der Waals surface area (Å²) in [5.74, 6) is -1.34. The largest absolute Gasteiger partial charge is 0.497 e. The molecule has 0 bridgehead atoms. The first kappa shape index (κ1) is 23.5. The zero-order valence-corrected chi connectivity index (χ0v) is 18.6. The minimum Gasteiger partial charge on any atom is -0.497 e. The summed E-state index contributed by atoms with van der Waals surface area (Å²) in [6.07, 6.45) is 1.35. The van der Waals surface area contributed by atoms with Crippen molar-refractivity contribution < 1.29 is 23.9 Å². The highest BCUT2D eigenvalue weighted by molar-refractivity contribution is 6.40. The third-order valence-corrected chi connectivity index (χ3v) is 4.93. The van der Waals surface area contributed by atoms with E-state index < -0.39 is 17.8 Å². The summed E-state index contributed by atoms with van der Waals surface area (Å²) in [7, 11) is 1.54. The van der Waals surface area contributed by atoms with E-state index in [2.05, 4.69) is 15.8 Å². The molecule has 3 aromatic carbocycles. The Bertz CT molecular complexity index is 1190. The lowest BCUT2D eigenvalue weighted by atomic mass is 10.2. The quantitative estimate of drug-likeness (QED) is 0.188. The Morgan fingerprint density at radius 2 is 1.58 bits per heavy atom. The van der Waals surface area contributed by atoms with E-state index in [1.165, 1.54) is 6.21 Å². The molecule has 0 aromatic heterocycles. The number of hydrogen-bond donors (Lipinski definition) is 2. The standard InChI is InChI=1S/C24H20ClN3O5/c1-15-20(25)4-3-5-21(15)27-22(29)23(30)28-26-14-16-6-10-19(11-7-16)33-24(31)17-8-12-18(32-2)13-9-17/h3-14H,1-2H3,(H,27,29)(H,28,30). The Morgan fingerprint density at radius 1 is 0.909 bits per heavy atom. The molecule has 3 rings (SSSR count). The lowest BCUT2D eigenvalue weighted by Gasteiger charge is -2.08. The zero-order valence-electron chi connectivity index (χ0n) is 17.8. The van der Waals surface area contributed by atoms with Crippen molar-refractivity contribution in [2.24, 2.45) is 5.10 Å². The van der Waals surface area contributed by atoms with Crippen molar-refractivity contribution in [3.8, 4) is 11.5 Å². The second-order valence-corrected chi connectivity index (χ2v) is 7.16. The van der Waals surface area contributed by atoms with E-state index in [-0.39, 0.29) is 0 Å². The van der Waals surface area contributed by atoms with Crippen LogP contribution in [0.5, 0.6) is 11.5 Å². The molecule has 33 heavy (non-hydrogen) atoms. The summed E-state index contributed by atoms with van der Waals surface area (Å²) in [6, 6.07) is 18.0. The van der Waals surface area contributed by atoms with Crippen molar-refractivity contribution >= 4 is 41.3 Å². The second-order valence-electron chi connectivity index (χ2n) is 6.75. The summed E-state index contributed by atoms with van der Waals surface area (Å²) in [5, 5.41) is 6.72. The maximum atomic E-state index is 12.2. The molecule has 3 aromatic rings. The molecule has 168 valence electrons. The molecule has 0 heterocycles. The van der Waals surface area contributed by atoms with Gasteiger partial charge in [-0.2, -0.15) is 5.10 Å². The summed E-state index contributed by atoms with van der Waals surface area (Å²) in [4.78, 5) is 36.2. The third kappa shape index (κ3) is 6.41. The summed E-state index contributed by atoms with van der Waals surface area (Å²) < 4.78 is 10.4. The van der Waals surface area contributed by atoms with Gasteiger partial charge in [0.2, 0.25) is 0 Å². The van der Waals surface area contributed by atoms with Crippen LogP contribution in [-0.4, -0.2) is 31.1 Å². The number of hydrogen-bond acceptors (Lipinski definition) is 6. The Hall–Kier alpha value is -4.17. The van der Waals surface area contributed by atoms with Crippen LogP contribution >= 0.6 is 11.6 Å². The van der Waals surface area contributed by atoms with Crippen LogP contribution in [-0.2, 0) is 9.59 Å². The lowest BCUT2D eigenvalue weighted by Crippen LogP contribution is -2.32. The zero-order chi connectivity index (χ0) is 23.8. The fourth-order valence-corrected chi connectivity index (χ4v) is 2.83. The Balaban J connectivity index is 1.52. The number of carbonyl (C=O) groups is 3. The van der Waals surface area contributed by atoms with E-state index in [0.29, 0.717) is 38.9 Å². The molecule has 0 saturated carbocycles. The van der Waals surface area contributed by atoms with E-state index in [0.717, 1.165) is 0 Å². The predicted octanol–water partition coefficient (Wildman–Crippen LogP) is 3.97. The number of anilines is 1. The topological polar surface area (TPSA) is 106 Å². The van der Waals surface area contributed by atoms with Crippen LogP contribution in [0.4, 0.5) is 5.69 Å². The van der Waals surface area contributed by atoms with Crippen molar-refractivity contribution in [3.05, 3.63) is 88.4 Å². The molecule has 2 amide bonds. The van der Waals surface area contributed by atoms with Crippen LogP contribution in [0.15, 0.2) is 71.8 Å². The van der Waals surface area contributed by atoms with Crippen LogP contribution in [0.3, 0.4) is 0 Å². The van der Waals surface area contributed by atoms with Gasteiger partial charge >= 0.3 is 17.8 Å². The molecule has 0 atom stereocenters. The number of ether oxygens (including phenoxy) is 2. The highest BCUT2D eigenvalue weighted by atomic mass is 35.5. The number of hydrazone groups is 1. The average Bonchev–Trinajstić information content (AvgIpc) is 2.83. The smallest absolute Gasteiger partial charge is 0.343 e. The van der Waals surface area contributed by atoms with Gasteiger partial charge in [0.05, 0.1) is 18.9 Å². The number of methoxy groups -OCH3 is 1. The second kappa shape index (κ2) is 10.9. The first-order chi connectivity index (χ1) is 15.9. The minimum atomic E-state index is -0.935. The predicted molar refractivity (Wildman–Crippen MR) is 125 cm³/mol. The number of nitrogens with zero attached hydrogens (tertiary/aromatic N) is 1. The number of carbonyl (C=O) groups excluding carboxylic acids is 3. The first-order valence-corrected chi connectivity index (χ1v) is 10.1. The van der Waals surface area contributed by atoms with Gasteiger partial charge in [0.25, 0.3) is 0 Å². The molecule has 2 N–H and O–H groups in total. The van der Waals surface area contributed by atoms with Crippen LogP contribution in [0, 0.1) is 6.92 Å². The average molecular weight is 466 g/mol. The summed E-state index contributed by atoms with van der Waals surface area (Å²) >= 11 is 6.00. The van der Waals surface area contributed by atoms with Gasteiger partial charge in [0.15, 0.2) is 0 Å². The first-order valence-electron chi connectivity index (χ1n) is 9.73. The SMILES string of the molecule is COc1ccc(C(=O)Oc2ccc(C=NNC(=O)C(=O)Nc3cccc(Cl)c3C)cc2)cc1. The summed E-state index contributed by atoms with van der Waals surface area (Å²) in [5.41, 5.74) is 4.24. The van der Waals surface area contributed by atoms with Crippen molar-refractivity contribution in [1.29, 1.82) is 0 Å². The monoisotopic (exact) mass is 465 g/mol. The molecule has 0 aliphatic rings.